The zero-order chi connectivity index (χ0) is 21.0. The van der Waals surface area contributed by atoms with Gasteiger partial charge in [-0.05, 0) is 31.2 Å². The summed E-state index contributed by atoms with van der Waals surface area (Å²) in [5.74, 6) is -0.604. The van der Waals surface area contributed by atoms with Crippen LogP contribution in [0, 0.1) is 17.1 Å². The third kappa shape index (κ3) is 4.70. The maximum Gasteiger partial charge on any atom is 0.244 e. The number of benzene rings is 1. The van der Waals surface area contributed by atoms with Crippen molar-refractivity contribution < 1.29 is 17.6 Å². The van der Waals surface area contributed by atoms with Gasteiger partial charge in [-0.15, -0.1) is 0 Å². The van der Waals surface area contributed by atoms with Crippen molar-refractivity contribution in [1.82, 2.24) is 14.6 Å². The van der Waals surface area contributed by atoms with E-state index in [0.717, 1.165) is 12.1 Å². The molecule has 0 spiro atoms. The molecule has 1 aliphatic heterocycles. The van der Waals surface area contributed by atoms with Gasteiger partial charge >= 0.3 is 0 Å². The molecule has 1 fully saturated rings. The molecule has 0 bridgehead atoms. The maximum atomic E-state index is 13.8. The first kappa shape index (κ1) is 20.7. The molecule has 10 heteroatoms. The van der Waals surface area contributed by atoms with Crippen LogP contribution < -0.4 is 9.62 Å². The van der Waals surface area contributed by atoms with Crippen molar-refractivity contribution in [2.45, 2.75) is 17.9 Å². The van der Waals surface area contributed by atoms with Gasteiger partial charge in [0.05, 0.1) is 17.7 Å². The minimum atomic E-state index is -4.16. The second-order valence-corrected chi connectivity index (χ2v) is 8.28. The van der Waals surface area contributed by atoms with Crippen molar-refractivity contribution in [3.63, 3.8) is 0 Å². The van der Waals surface area contributed by atoms with Crippen molar-refractivity contribution in [2.75, 3.05) is 31.1 Å². The van der Waals surface area contributed by atoms with Crippen LogP contribution >= 0.6 is 0 Å². The Morgan fingerprint density at radius 1 is 1.24 bits per heavy atom. The Kier molecular flexibility index (Phi) is 6.10. The van der Waals surface area contributed by atoms with Crippen LogP contribution in [0.1, 0.15) is 12.5 Å². The van der Waals surface area contributed by atoms with E-state index in [4.69, 9.17) is 5.26 Å². The summed E-state index contributed by atoms with van der Waals surface area (Å²) >= 11 is 0. The normalized spacial score (nSPS) is 15.6. The lowest BCUT2D eigenvalue weighted by Crippen LogP contribution is -2.54. The molecule has 29 heavy (non-hydrogen) atoms. The van der Waals surface area contributed by atoms with Gasteiger partial charge in [-0.1, -0.05) is 12.1 Å². The summed E-state index contributed by atoms with van der Waals surface area (Å²) in [5, 5.41) is 9.00. The van der Waals surface area contributed by atoms with Crippen LogP contribution in [0.15, 0.2) is 47.5 Å². The molecule has 3 rings (SSSR count). The van der Waals surface area contributed by atoms with E-state index in [2.05, 4.69) is 15.8 Å². The third-order valence-corrected chi connectivity index (χ3v) is 6.19. The average Bonchev–Trinajstić information content (AvgIpc) is 2.73. The van der Waals surface area contributed by atoms with Crippen LogP contribution in [-0.4, -0.2) is 56.4 Å². The molecule has 1 saturated heterocycles. The molecule has 2 aromatic rings. The molecule has 8 nitrogen and oxygen atoms in total. The van der Waals surface area contributed by atoms with Gasteiger partial charge in [-0.3, -0.25) is 4.79 Å². The highest BCUT2D eigenvalue weighted by molar-refractivity contribution is 7.89. The minimum absolute atomic E-state index is 0.378. The predicted octanol–water partition coefficient (Wildman–Crippen LogP) is 1.11. The molecule has 152 valence electrons. The zero-order valence-electron chi connectivity index (χ0n) is 15.7. The zero-order valence-corrected chi connectivity index (χ0v) is 16.6. The molecule has 0 radical (unpaired) electrons. The molecule has 0 aliphatic carbocycles. The van der Waals surface area contributed by atoms with Gasteiger partial charge in [0, 0.05) is 32.4 Å². The number of aromatic nitrogens is 1. The average molecular weight is 417 g/mol. The number of nitrogens with one attached hydrogen (secondary N) is 1. The van der Waals surface area contributed by atoms with E-state index in [1.807, 2.05) is 4.90 Å². The first-order valence-corrected chi connectivity index (χ1v) is 10.5. The fraction of sp³-hybridized carbons (Fsp3) is 0.316. The number of hydrogen-bond acceptors (Lipinski definition) is 6. The highest BCUT2D eigenvalue weighted by Gasteiger charge is 2.29. The topological polar surface area (TPSA) is 106 Å². The van der Waals surface area contributed by atoms with E-state index in [1.54, 1.807) is 23.2 Å². The number of nitrogens with zero attached hydrogens (tertiary/aromatic N) is 4. The standard InChI is InChI=1S/C19H20FN5O3S/c1-14(23-29(27,28)17-5-3-2-4-16(17)20)19(26)25-10-8-24(9-11-25)18-12-15(13-21)6-7-22-18/h2-7,12,14,23H,8-11H2,1H3/t14-/m0/s1. The molecular weight excluding hydrogens is 397 g/mol. The molecule has 1 N–H and O–H groups in total. The van der Waals surface area contributed by atoms with Gasteiger partial charge in [0.1, 0.15) is 16.5 Å². The fourth-order valence-electron chi connectivity index (χ4n) is 3.10. The van der Waals surface area contributed by atoms with Gasteiger partial charge in [0.25, 0.3) is 0 Å². The summed E-state index contributed by atoms with van der Waals surface area (Å²) in [5.41, 5.74) is 0.504. The Labute approximate surface area is 168 Å². The molecule has 1 aromatic heterocycles. The molecular formula is C19H20FN5O3S. The molecule has 1 atom stereocenters. The quantitative estimate of drug-likeness (QED) is 0.781. The Bertz CT molecular complexity index is 1050. The predicted molar refractivity (Wildman–Crippen MR) is 104 cm³/mol. The summed E-state index contributed by atoms with van der Waals surface area (Å²) < 4.78 is 40.8. The Morgan fingerprint density at radius 3 is 2.59 bits per heavy atom. The minimum Gasteiger partial charge on any atom is -0.353 e. The van der Waals surface area contributed by atoms with Gasteiger partial charge in [-0.25, -0.2) is 17.8 Å². The summed E-state index contributed by atoms with van der Waals surface area (Å²) in [6.07, 6.45) is 1.56. The number of carbonyl (C=O) groups is 1. The number of pyridine rings is 1. The molecule has 1 aliphatic rings. The summed E-state index contributed by atoms with van der Waals surface area (Å²) in [6, 6.07) is 9.34. The van der Waals surface area contributed by atoms with Crippen molar-refractivity contribution in [2.24, 2.45) is 0 Å². The molecule has 1 aromatic carbocycles. The van der Waals surface area contributed by atoms with Crippen LogP contribution in [0.3, 0.4) is 0 Å². The number of amides is 1. The van der Waals surface area contributed by atoms with Crippen LogP contribution in [0.2, 0.25) is 0 Å². The van der Waals surface area contributed by atoms with Crippen LogP contribution in [-0.2, 0) is 14.8 Å². The fourth-order valence-corrected chi connectivity index (χ4v) is 4.38. The highest BCUT2D eigenvalue weighted by atomic mass is 32.2. The molecule has 1 amide bonds. The number of sulfonamides is 1. The van der Waals surface area contributed by atoms with Crippen LogP contribution in [0.25, 0.3) is 0 Å². The van der Waals surface area contributed by atoms with Crippen molar-refractivity contribution in [1.29, 1.82) is 5.26 Å². The first-order chi connectivity index (χ1) is 13.8. The molecule has 0 saturated carbocycles. The van der Waals surface area contributed by atoms with Crippen molar-refractivity contribution in [3.8, 4) is 6.07 Å². The third-order valence-electron chi connectivity index (χ3n) is 4.62. The Morgan fingerprint density at radius 2 is 1.93 bits per heavy atom. The summed E-state index contributed by atoms with van der Waals surface area (Å²) in [7, 11) is -4.16. The van der Waals surface area contributed by atoms with E-state index in [-0.39, 0.29) is 5.91 Å². The second kappa shape index (κ2) is 8.55. The van der Waals surface area contributed by atoms with E-state index >= 15 is 0 Å². The van der Waals surface area contributed by atoms with Crippen LogP contribution in [0.4, 0.5) is 10.2 Å². The number of nitriles is 1. The summed E-state index contributed by atoms with van der Waals surface area (Å²) in [6.45, 7) is 3.19. The van der Waals surface area contributed by atoms with Crippen LogP contribution in [0.5, 0.6) is 0 Å². The highest BCUT2D eigenvalue weighted by Crippen LogP contribution is 2.17. The van der Waals surface area contributed by atoms with E-state index in [9.17, 15) is 17.6 Å². The van der Waals surface area contributed by atoms with Crippen molar-refractivity contribution in [3.05, 3.63) is 54.0 Å². The number of halogens is 1. The number of rotatable bonds is 5. The lowest BCUT2D eigenvalue weighted by atomic mass is 10.2. The lowest BCUT2D eigenvalue weighted by Gasteiger charge is -2.36. The van der Waals surface area contributed by atoms with Crippen molar-refractivity contribution >= 4 is 21.7 Å². The van der Waals surface area contributed by atoms with E-state index in [0.29, 0.717) is 37.6 Å². The van der Waals surface area contributed by atoms with Gasteiger partial charge < -0.3 is 9.80 Å². The van der Waals surface area contributed by atoms with Gasteiger partial charge in [0.15, 0.2) is 0 Å². The Hall–Kier alpha value is -3.03. The number of carbonyl (C=O) groups excluding carboxylic acids is 1. The SMILES string of the molecule is C[C@H](NS(=O)(=O)c1ccccc1F)C(=O)N1CCN(c2cc(C#N)ccn2)CC1. The number of hydrogen-bond donors (Lipinski definition) is 1. The van der Waals surface area contributed by atoms with E-state index < -0.39 is 26.8 Å². The largest absolute Gasteiger partial charge is 0.353 e. The smallest absolute Gasteiger partial charge is 0.244 e. The molecule has 0 unspecified atom stereocenters. The first-order valence-electron chi connectivity index (χ1n) is 8.98. The monoisotopic (exact) mass is 417 g/mol. The van der Waals surface area contributed by atoms with E-state index in [1.165, 1.54) is 19.1 Å². The van der Waals surface area contributed by atoms with Gasteiger partial charge in [0.2, 0.25) is 15.9 Å². The number of anilines is 1. The second-order valence-electron chi connectivity index (χ2n) is 6.60. The lowest BCUT2D eigenvalue weighted by molar-refractivity contribution is -0.132. The Balaban J connectivity index is 1.61. The molecule has 2 heterocycles. The maximum absolute atomic E-state index is 13.8. The van der Waals surface area contributed by atoms with Gasteiger partial charge in [-0.2, -0.15) is 9.98 Å². The summed E-state index contributed by atoms with van der Waals surface area (Å²) in [4.78, 5) is 19.9. The number of piperazine rings is 1.